The number of hydrogen-bond acceptors (Lipinski definition) is 3. The van der Waals surface area contributed by atoms with Crippen molar-refractivity contribution in [2.45, 2.75) is 45.1 Å². The lowest BCUT2D eigenvalue weighted by molar-refractivity contribution is -0.115. The number of amides is 2. The smallest absolute Gasteiger partial charge is 0.255 e. The Kier molecular flexibility index (Phi) is 5.97. The Balaban J connectivity index is 1.57. The first-order valence-corrected chi connectivity index (χ1v) is 9.53. The van der Waals surface area contributed by atoms with Gasteiger partial charge in [0.05, 0.1) is 17.1 Å². The van der Waals surface area contributed by atoms with Gasteiger partial charge in [-0.25, -0.2) is 0 Å². The topological polar surface area (TPSA) is 61.4 Å². The highest BCUT2D eigenvalue weighted by molar-refractivity contribution is 6.34. The van der Waals surface area contributed by atoms with Crippen molar-refractivity contribution in [1.29, 1.82) is 0 Å². The van der Waals surface area contributed by atoms with E-state index in [0.29, 0.717) is 22.8 Å². The Morgan fingerprint density at radius 1 is 1.24 bits per heavy atom. The van der Waals surface area contributed by atoms with Gasteiger partial charge in [-0.15, -0.1) is 0 Å². The Morgan fingerprint density at radius 2 is 2.04 bits per heavy atom. The number of likely N-dealkylation sites (tertiary alicyclic amines) is 1. The molecule has 5 nitrogen and oxygen atoms in total. The largest absolute Gasteiger partial charge is 0.336 e. The first kappa shape index (κ1) is 18.2. The Morgan fingerprint density at radius 3 is 2.72 bits per heavy atom. The van der Waals surface area contributed by atoms with Crippen LogP contribution in [0, 0.1) is 5.92 Å². The zero-order chi connectivity index (χ0) is 17.8. The fraction of sp³-hybridized carbons (Fsp3) is 0.579. The molecule has 1 unspecified atom stereocenters. The van der Waals surface area contributed by atoms with Gasteiger partial charge in [-0.05, 0) is 69.7 Å². The third-order valence-corrected chi connectivity index (χ3v) is 5.28. The standard InChI is InChI=1S/C19H26ClN3O2/c1-13-4-2-3-9-23(13)19(25)16-8-7-15(10-17(16)20)22-18(24)12-21-11-14-5-6-14/h7-8,10,13-14,21H,2-6,9,11-12H2,1H3,(H,22,24). The molecule has 6 heteroatoms. The summed E-state index contributed by atoms with van der Waals surface area (Å²) < 4.78 is 0. The second kappa shape index (κ2) is 8.19. The maximum atomic E-state index is 12.7. The van der Waals surface area contributed by atoms with Crippen molar-refractivity contribution in [2.24, 2.45) is 5.92 Å². The molecule has 1 aliphatic carbocycles. The molecular weight excluding hydrogens is 338 g/mol. The Bertz CT molecular complexity index is 646. The average Bonchev–Trinajstić information content (AvgIpc) is 3.39. The van der Waals surface area contributed by atoms with Gasteiger partial charge >= 0.3 is 0 Å². The molecule has 2 aliphatic rings. The Labute approximate surface area is 154 Å². The highest BCUT2D eigenvalue weighted by Gasteiger charge is 2.25. The SMILES string of the molecule is CC1CCCCN1C(=O)c1ccc(NC(=O)CNCC2CC2)cc1Cl. The minimum absolute atomic E-state index is 0.0267. The van der Waals surface area contributed by atoms with E-state index in [1.165, 1.54) is 19.3 Å². The number of halogens is 1. The van der Waals surface area contributed by atoms with Crippen molar-refractivity contribution in [1.82, 2.24) is 10.2 Å². The van der Waals surface area contributed by atoms with Crippen molar-refractivity contribution in [3.63, 3.8) is 0 Å². The third kappa shape index (κ3) is 4.95. The highest BCUT2D eigenvalue weighted by atomic mass is 35.5. The molecule has 2 amide bonds. The Hall–Kier alpha value is -1.59. The molecule has 136 valence electrons. The summed E-state index contributed by atoms with van der Waals surface area (Å²) in [7, 11) is 0. The zero-order valence-electron chi connectivity index (χ0n) is 14.7. The molecule has 0 aromatic heterocycles. The van der Waals surface area contributed by atoms with Crippen LogP contribution in [0.2, 0.25) is 5.02 Å². The summed E-state index contributed by atoms with van der Waals surface area (Å²) in [6.07, 6.45) is 5.75. The quantitative estimate of drug-likeness (QED) is 0.815. The summed E-state index contributed by atoms with van der Waals surface area (Å²) in [6, 6.07) is 5.35. The van der Waals surface area contributed by atoms with E-state index in [1.807, 2.05) is 4.90 Å². The minimum Gasteiger partial charge on any atom is -0.336 e. The molecule has 1 aromatic rings. The van der Waals surface area contributed by atoms with E-state index in [4.69, 9.17) is 11.6 Å². The first-order valence-electron chi connectivity index (χ1n) is 9.15. The van der Waals surface area contributed by atoms with Crippen LogP contribution in [0.4, 0.5) is 5.69 Å². The van der Waals surface area contributed by atoms with Gasteiger partial charge in [-0.2, -0.15) is 0 Å². The zero-order valence-corrected chi connectivity index (χ0v) is 15.4. The highest BCUT2D eigenvalue weighted by Crippen LogP contribution is 2.27. The lowest BCUT2D eigenvalue weighted by Gasteiger charge is -2.33. The number of hydrogen-bond donors (Lipinski definition) is 2. The maximum absolute atomic E-state index is 12.7. The second-order valence-corrected chi connectivity index (χ2v) is 7.57. The van der Waals surface area contributed by atoms with Crippen LogP contribution in [-0.2, 0) is 4.79 Å². The van der Waals surface area contributed by atoms with Gasteiger partial charge in [0.15, 0.2) is 0 Å². The molecular formula is C19H26ClN3O2. The van der Waals surface area contributed by atoms with E-state index in [-0.39, 0.29) is 17.9 Å². The number of piperidine rings is 1. The molecule has 0 spiro atoms. The number of rotatable bonds is 6. The monoisotopic (exact) mass is 363 g/mol. The van der Waals surface area contributed by atoms with Gasteiger partial charge in [-0.1, -0.05) is 11.6 Å². The minimum atomic E-state index is -0.0968. The van der Waals surface area contributed by atoms with Crippen LogP contribution in [0.25, 0.3) is 0 Å². The van der Waals surface area contributed by atoms with Crippen LogP contribution < -0.4 is 10.6 Å². The van der Waals surface area contributed by atoms with Crippen molar-refractivity contribution < 1.29 is 9.59 Å². The number of nitrogens with one attached hydrogen (secondary N) is 2. The van der Waals surface area contributed by atoms with E-state index in [2.05, 4.69) is 17.6 Å². The molecule has 1 atom stereocenters. The molecule has 1 aromatic carbocycles. The van der Waals surface area contributed by atoms with E-state index in [9.17, 15) is 9.59 Å². The number of nitrogens with zero attached hydrogens (tertiary/aromatic N) is 1. The van der Waals surface area contributed by atoms with Crippen LogP contribution >= 0.6 is 11.6 Å². The average molecular weight is 364 g/mol. The molecule has 1 saturated carbocycles. The molecule has 2 fully saturated rings. The number of anilines is 1. The third-order valence-electron chi connectivity index (χ3n) is 4.96. The van der Waals surface area contributed by atoms with Gasteiger partial charge in [-0.3, -0.25) is 9.59 Å². The van der Waals surface area contributed by atoms with Gasteiger partial charge in [0.1, 0.15) is 0 Å². The molecule has 0 radical (unpaired) electrons. The van der Waals surface area contributed by atoms with Crippen molar-refractivity contribution in [3.8, 4) is 0 Å². The summed E-state index contributed by atoms with van der Waals surface area (Å²) >= 11 is 6.31. The fourth-order valence-electron chi connectivity index (χ4n) is 3.24. The van der Waals surface area contributed by atoms with Crippen LogP contribution in [0.3, 0.4) is 0 Å². The number of carbonyl (C=O) groups is 2. The first-order chi connectivity index (χ1) is 12.0. The van der Waals surface area contributed by atoms with Crippen molar-refractivity contribution in [3.05, 3.63) is 28.8 Å². The molecule has 0 bridgehead atoms. The summed E-state index contributed by atoms with van der Waals surface area (Å²) in [5, 5.41) is 6.36. The molecule has 25 heavy (non-hydrogen) atoms. The number of carbonyl (C=O) groups excluding carboxylic acids is 2. The molecule has 1 saturated heterocycles. The van der Waals surface area contributed by atoms with Gasteiger partial charge in [0, 0.05) is 18.3 Å². The summed E-state index contributed by atoms with van der Waals surface area (Å²) in [4.78, 5) is 26.6. The normalized spacial score (nSPS) is 20.4. The van der Waals surface area contributed by atoms with Gasteiger partial charge < -0.3 is 15.5 Å². The summed E-state index contributed by atoms with van der Waals surface area (Å²) in [6.45, 7) is 4.05. The van der Waals surface area contributed by atoms with Crippen LogP contribution in [0.1, 0.15) is 49.4 Å². The summed E-state index contributed by atoms with van der Waals surface area (Å²) in [5.74, 6) is 0.617. The van der Waals surface area contributed by atoms with Crippen LogP contribution in [0.15, 0.2) is 18.2 Å². The van der Waals surface area contributed by atoms with E-state index in [1.54, 1.807) is 18.2 Å². The second-order valence-electron chi connectivity index (χ2n) is 7.16. The van der Waals surface area contributed by atoms with Gasteiger partial charge in [0.2, 0.25) is 5.91 Å². The summed E-state index contributed by atoms with van der Waals surface area (Å²) in [5.41, 5.74) is 1.12. The lowest BCUT2D eigenvalue weighted by atomic mass is 10.0. The van der Waals surface area contributed by atoms with Crippen molar-refractivity contribution >= 4 is 29.1 Å². The van der Waals surface area contributed by atoms with Gasteiger partial charge in [0.25, 0.3) is 5.91 Å². The van der Waals surface area contributed by atoms with E-state index < -0.39 is 0 Å². The fourth-order valence-corrected chi connectivity index (χ4v) is 3.50. The van der Waals surface area contributed by atoms with E-state index in [0.717, 1.165) is 31.8 Å². The van der Waals surface area contributed by atoms with E-state index >= 15 is 0 Å². The molecule has 2 N–H and O–H groups in total. The number of benzene rings is 1. The molecule has 3 rings (SSSR count). The predicted molar refractivity (Wildman–Crippen MR) is 100 cm³/mol. The predicted octanol–water partition coefficient (Wildman–Crippen LogP) is 3.29. The lowest BCUT2D eigenvalue weighted by Crippen LogP contribution is -2.42. The van der Waals surface area contributed by atoms with Crippen molar-refractivity contribution in [2.75, 3.05) is 25.0 Å². The molecule has 1 aliphatic heterocycles. The molecule has 1 heterocycles. The van der Waals surface area contributed by atoms with Crippen LogP contribution in [-0.4, -0.2) is 42.4 Å². The van der Waals surface area contributed by atoms with Crippen LogP contribution in [0.5, 0.6) is 0 Å². The maximum Gasteiger partial charge on any atom is 0.255 e.